The first-order valence-electron chi connectivity index (χ1n) is 4.19. The Hall–Kier alpha value is -1.16. The zero-order valence-electron chi connectivity index (χ0n) is 7.50. The maximum absolute atomic E-state index is 11.7. The van der Waals surface area contributed by atoms with Crippen molar-refractivity contribution in [2.75, 3.05) is 5.32 Å². The van der Waals surface area contributed by atoms with Crippen LogP contribution in [-0.2, 0) is 4.79 Å². The molecule has 2 rings (SSSR count). The molecule has 1 aromatic carbocycles. The number of anilines is 1. The number of ketones is 1. The van der Waals surface area contributed by atoms with Crippen LogP contribution in [0.15, 0.2) is 18.2 Å². The number of hydrogen-bond donors (Lipinski definition) is 1. The first-order chi connectivity index (χ1) is 6.59. The van der Waals surface area contributed by atoms with Gasteiger partial charge in [-0.25, -0.2) is 0 Å². The van der Waals surface area contributed by atoms with Crippen LogP contribution < -0.4 is 5.32 Å². The molecule has 0 fully saturated rings. The van der Waals surface area contributed by atoms with Gasteiger partial charge in [0.05, 0.1) is 5.69 Å². The van der Waals surface area contributed by atoms with Gasteiger partial charge in [0, 0.05) is 5.56 Å². The summed E-state index contributed by atoms with van der Waals surface area (Å²) in [4.78, 5) is 22.2. The van der Waals surface area contributed by atoms with Crippen LogP contribution in [0.4, 0.5) is 5.69 Å². The van der Waals surface area contributed by atoms with E-state index in [-0.39, 0.29) is 11.7 Å². The fraction of sp³-hybridized carbons (Fsp3) is 0.200. The highest BCUT2D eigenvalue weighted by Crippen LogP contribution is 2.26. The number of fused-ring (bicyclic) bond motifs is 1. The van der Waals surface area contributed by atoms with Crippen LogP contribution in [0.5, 0.6) is 0 Å². The van der Waals surface area contributed by atoms with Gasteiger partial charge in [-0.3, -0.25) is 9.59 Å². The molecule has 4 heteroatoms. The average molecular weight is 254 g/mol. The minimum atomic E-state index is -0.753. The monoisotopic (exact) mass is 253 g/mol. The topological polar surface area (TPSA) is 46.2 Å². The smallest absolute Gasteiger partial charge is 0.246 e. The van der Waals surface area contributed by atoms with Crippen molar-refractivity contribution >= 4 is 33.3 Å². The van der Waals surface area contributed by atoms with Crippen molar-refractivity contribution in [2.45, 2.75) is 11.8 Å². The van der Waals surface area contributed by atoms with Gasteiger partial charge in [-0.15, -0.1) is 0 Å². The number of amides is 1. The second kappa shape index (κ2) is 3.20. The Balaban J connectivity index is 2.57. The second-order valence-corrected chi connectivity index (χ2v) is 4.18. The van der Waals surface area contributed by atoms with Crippen molar-refractivity contribution in [3.63, 3.8) is 0 Å². The van der Waals surface area contributed by atoms with Crippen molar-refractivity contribution in [1.82, 2.24) is 0 Å². The van der Waals surface area contributed by atoms with Crippen LogP contribution in [0.3, 0.4) is 0 Å². The third-order valence-corrected chi connectivity index (χ3v) is 2.99. The molecule has 1 N–H and O–H groups in total. The van der Waals surface area contributed by atoms with Gasteiger partial charge in [0.2, 0.25) is 5.91 Å². The van der Waals surface area contributed by atoms with Gasteiger partial charge in [0.25, 0.3) is 0 Å². The van der Waals surface area contributed by atoms with Crippen molar-refractivity contribution in [3.8, 4) is 0 Å². The maximum atomic E-state index is 11.7. The standard InChI is InChI=1S/C10H8BrNO2/c1-5-2-3-7-6(4-5)9(13)8(11)10(14)12-7/h2-4,8H,1H3,(H,12,14). The van der Waals surface area contributed by atoms with Gasteiger partial charge in [-0.2, -0.15) is 0 Å². The lowest BCUT2D eigenvalue weighted by Gasteiger charge is -2.19. The van der Waals surface area contributed by atoms with Gasteiger partial charge in [-0.1, -0.05) is 27.6 Å². The Labute approximate surface area is 89.6 Å². The lowest BCUT2D eigenvalue weighted by molar-refractivity contribution is -0.115. The zero-order valence-corrected chi connectivity index (χ0v) is 9.09. The molecule has 0 spiro atoms. The molecule has 1 aliphatic rings. The van der Waals surface area contributed by atoms with E-state index >= 15 is 0 Å². The first-order valence-corrected chi connectivity index (χ1v) is 5.11. The first kappa shape index (κ1) is 9.40. The minimum absolute atomic E-state index is 0.174. The molecule has 1 aliphatic heterocycles. The molecule has 1 aromatic rings. The lowest BCUT2D eigenvalue weighted by atomic mass is 9.99. The predicted molar refractivity (Wildman–Crippen MR) is 56.9 cm³/mol. The molecular weight excluding hydrogens is 246 g/mol. The molecule has 72 valence electrons. The molecule has 0 radical (unpaired) electrons. The summed E-state index contributed by atoms with van der Waals surface area (Å²) < 4.78 is 0. The third-order valence-electron chi connectivity index (χ3n) is 2.16. The van der Waals surface area contributed by atoms with Gasteiger partial charge >= 0.3 is 0 Å². The van der Waals surface area contributed by atoms with E-state index in [9.17, 15) is 9.59 Å². The van der Waals surface area contributed by atoms with E-state index in [0.717, 1.165) is 5.56 Å². The number of carbonyl (C=O) groups is 2. The van der Waals surface area contributed by atoms with E-state index in [4.69, 9.17) is 0 Å². The zero-order chi connectivity index (χ0) is 10.3. The highest BCUT2D eigenvalue weighted by molar-refractivity contribution is 9.10. The number of alkyl halides is 1. The lowest BCUT2D eigenvalue weighted by Crippen LogP contribution is -2.35. The molecule has 3 nitrogen and oxygen atoms in total. The van der Waals surface area contributed by atoms with E-state index in [1.54, 1.807) is 12.1 Å². The molecule has 1 atom stereocenters. The normalized spacial score (nSPS) is 20.3. The summed E-state index contributed by atoms with van der Waals surface area (Å²) in [6, 6.07) is 5.39. The summed E-state index contributed by atoms with van der Waals surface area (Å²) in [6.45, 7) is 1.91. The summed E-state index contributed by atoms with van der Waals surface area (Å²) in [5.74, 6) is -0.473. The van der Waals surface area contributed by atoms with E-state index < -0.39 is 4.83 Å². The number of hydrogen-bond acceptors (Lipinski definition) is 2. The van der Waals surface area contributed by atoms with E-state index in [2.05, 4.69) is 21.2 Å². The molecule has 0 bridgehead atoms. The molecular formula is C10H8BrNO2. The fourth-order valence-electron chi connectivity index (χ4n) is 1.42. The number of benzene rings is 1. The minimum Gasteiger partial charge on any atom is -0.324 e. The number of Topliss-reactive ketones (excluding diaryl/α,β-unsaturated/α-hetero) is 1. The van der Waals surface area contributed by atoms with Crippen LogP contribution in [-0.4, -0.2) is 16.5 Å². The maximum Gasteiger partial charge on any atom is 0.246 e. The average Bonchev–Trinajstić information content (AvgIpc) is 2.16. The van der Waals surface area contributed by atoms with Gasteiger partial charge in [-0.05, 0) is 19.1 Å². The highest BCUT2D eigenvalue weighted by atomic mass is 79.9. The van der Waals surface area contributed by atoms with Crippen LogP contribution in [0.25, 0.3) is 0 Å². The summed E-state index contributed by atoms with van der Waals surface area (Å²) in [5.41, 5.74) is 2.18. The predicted octanol–water partition coefficient (Wildman–Crippen LogP) is 1.89. The number of rotatable bonds is 0. The van der Waals surface area contributed by atoms with Gasteiger partial charge < -0.3 is 5.32 Å². The van der Waals surface area contributed by atoms with Crippen molar-refractivity contribution in [1.29, 1.82) is 0 Å². The van der Waals surface area contributed by atoms with E-state index in [1.165, 1.54) is 0 Å². The van der Waals surface area contributed by atoms with E-state index in [0.29, 0.717) is 11.3 Å². The molecule has 0 saturated carbocycles. The second-order valence-electron chi connectivity index (χ2n) is 3.27. The Morgan fingerprint density at radius 2 is 2.07 bits per heavy atom. The van der Waals surface area contributed by atoms with Crippen LogP contribution in [0.2, 0.25) is 0 Å². The Bertz CT molecular complexity index is 428. The van der Waals surface area contributed by atoms with Crippen LogP contribution in [0.1, 0.15) is 15.9 Å². The SMILES string of the molecule is Cc1ccc2c(c1)C(=O)C(Br)C(=O)N2. The molecule has 1 amide bonds. The summed E-state index contributed by atoms with van der Waals surface area (Å²) >= 11 is 3.05. The molecule has 1 heterocycles. The van der Waals surface area contributed by atoms with Gasteiger partial charge in [0.15, 0.2) is 10.6 Å². The largest absolute Gasteiger partial charge is 0.324 e. The quantitative estimate of drug-likeness (QED) is 0.567. The number of aryl methyl sites for hydroxylation is 1. The molecule has 0 aliphatic carbocycles. The molecule has 1 unspecified atom stereocenters. The summed E-state index contributed by atoms with van der Waals surface area (Å²) in [6.07, 6.45) is 0. The van der Waals surface area contributed by atoms with Gasteiger partial charge in [0.1, 0.15) is 0 Å². The molecule has 14 heavy (non-hydrogen) atoms. The molecule has 0 saturated heterocycles. The van der Waals surface area contributed by atoms with E-state index in [1.807, 2.05) is 13.0 Å². The van der Waals surface area contributed by atoms with Crippen molar-refractivity contribution < 1.29 is 9.59 Å². The Morgan fingerprint density at radius 3 is 2.79 bits per heavy atom. The number of carbonyl (C=O) groups excluding carboxylic acids is 2. The van der Waals surface area contributed by atoms with Crippen LogP contribution in [0, 0.1) is 6.92 Å². The third kappa shape index (κ3) is 1.35. The fourth-order valence-corrected chi connectivity index (χ4v) is 1.78. The summed E-state index contributed by atoms with van der Waals surface area (Å²) in [7, 11) is 0. The van der Waals surface area contributed by atoms with Crippen molar-refractivity contribution in [3.05, 3.63) is 29.3 Å². The highest BCUT2D eigenvalue weighted by Gasteiger charge is 2.31. The number of halogens is 1. The Kier molecular flexibility index (Phi) is 2.15. The Morgan fingerprint density at radius 1 is 1.36 bits per heavy atom. The van der Waals surface area contributed by atoms with Crippen molar-refractivity contribution in [2.24, 2.45) is 0 Å². The molecule has 0 aromatic heterocycles. The van der Waals surface area contributed by atoms with Crippen LogP contribution >= 0.6 is 15.9 Å². The summed E-state index contributed by atoms with van der Waals surface area (Å²) in [5, 5.41) is 2.66. The number of nitrogens with one attached hydrogen (secondary N) is 1.